The molecule has 0 aliphatic heterocycles. The number of para-hydroxylation sites is 1. The molecular weight excluding hydrogens is 347 g/mol. The standard InChI is InChI=1S/C18H14F3N3O2/c1-24-10-14(13-4-2-3-5-15(13)24)16(23-26)17(25)22-12-8-6-11(7-9-12)18(19,20)21/h2-10,26H,1H3,(H,22,25)/b23-16+. The van der Waals surface area contributed by atoms with Crippen molar-refractivity contribution in [1.29, 1.82) is 0 Å². The van der Waals surface area contributed by atoms with Crippen LogP contribution in [0.3, 0.4) is 0 Å². The molecule has 0 atom stereocenters. The Morgan fingerprint density at radius 2 is 1.77 bits per heavy atom. The highest BCUT2D eigenvalue weighted by Crippen LogP contribution is 2.30. The van der Waals surface area contributed by atoms with Crippen LogP contribution in [0.4, 0.5) is 18.9 Å². The summed E-state index contributed by atoms with van der Waals surface area (Å²) in [5, 5.41) is 15.6. The summed E-state index contributed by atoms with van der Waals surface area (Å²) in [6.45, 7) is 0. The van der Waals surface area contributed by atoms with Gasteiger partial charge in [0.25, 0.3) is 5.91 Å². The Balaban J connectivity index is 1.88. The van der Waals surface area contributed by atoms with E-state index in [9.17, 15) is 23.2 Å². The number of carbonyl (C=O) groups is 1. The SMILES string of the molecule is Cn1cc(/C(=N\O)C(=O)Nc2ccc(C(F)(F)F)cc2)c2ccccc21. The number of oxime groups is 1. The van der Waals surface area contributed by atoms with Crippen LogP contribution < -0.4 is 5.32 Å². The lowest BCUT2D eigenvalue weighted by molar-refractivity contribution is -0.137. The Labute approximate surface area is 146 Å². The third-order valence-corrected chi connectivity index (χ3v) is 3.94. The maximum absolute atomic E-state index is 12.6. The molecule has 134 valence electrons. The number of aryl methyl sites for hydroxylation is 1. The van der Waals surface area contributed by atoms with Crippen molar-refractivity contribution in [2.75, 3.05) is 5.32 Å². The Morgan fingerprint density at radius 3 is 2.38 bits per heavy atom. The fourth-order valence-electron chi connectivity index (χ4n) is 2.68. The fraction of sp³-hybridized carbons (Fsp3) is 0.111. The zero-order valence-corrected chi connectivity index (χ0v) is 13.6. The minimum Gasteiger partial charge on any atom is -0.410 e. The number of hydrogen-bond donors (Lipinski definition) is 2. The molecule has 0 saturated heterocycles. The van der Waals surface area contributed by atoms with E-state index in [1.54, 1.807) is 29.9 Å². The number of halogens is 3. The van der Waals surface area contributed by atoms with E-state index in [0.717, 1.165) is 29.8 Å². The van der Waals surface area contributed by atoms with E-state index < -0.39 is 17.6 Å². The summed E-state index contributed by atoms with van der Waals surface area (Å²) in [6, 6.07) is 11.3. The summed E-state index contributed by atoms with van der Waals surface area (Å²) in [6.07, 6.45) is -2.81. The molecule has 1 heterocycles. The highest BCUT2D eigenvalue weighted by molar-refractivity contribution is 6.50. The third-order valence-electron chi connectivity index (χ3n) is 3.94. The molecule has 0 saturated carbocycles. The van der Waals surface area contributed by atoms with Crippen LogP contribution in [0.15, 0.2) is 59.9 Å². The molecule has 0 radical (unpaired) electrons. The topological polar surface area (TPSA) is 66.6 Å². The molecule has 0 aliphatic carbocycles. The maximum Gasteiger partial charge on any atom is 0.416 e. The van der Waals surface area contributed by atoms with Gasteiger partial charge >= 0.3 is 6.18 Å². The summed E-state index contributed by atoms with van der Waals surface area (Å²) in [4.78, 5) is 12.4. The Morgan fingerprint density at radius 1 is 1.12 bits per heavy atom. The zero-order valence-electron chi connectivity index (χ0n) is 13.6. The quantitative estimate of drug-likeness (QED) is 0.420. The first-order valence-corrected chi connectivity index (χ1v) is 7.56. The van der Waals surface area contributed by atoms with Crippen molar-refractivity contribution in [3.05, 3.63) is 65.9 Å². The highest BCUT2D eigenvalue weighted by Gasteiger charge is 2.30. The summed E-state index contributed by atoms with van der Waals surface area (Å²) in [5.74, 6) is -0.733. The van der Waals surface area contributed by atoms with Crippen LogP contribution in [0.1, 0.15) is 11.1 Å². The molecule has 0 spiro atoms. The number of nitrogens with one attached hydrogen (secondary N) is 1. The van der Waals surface area contributed by atoms with Crippen LogP contribution >= 0.6 is 0 Å². The molecule has 3 rings (SSSR count). The number of amides is 1. The number of hydrogen-bond acceptors (Lipinski definition) is 3. The van der Waals surface area contributed by atoms with E-state index in [0.29, 0.717) is 10.9 Å². The second-order valence-electron chi connectivity index (χ2n) is 5.65. The lowest BCUT2D eigenvalue weighted by Gasteiger charge is -2.09. The molecular formula is C18H14F3N3O2. The number of anilines is 1. The molecule has 0 fully saturated rings. The van der Waals surface area contributed by atoms with Crippen LogP contribution in [0.5, 0.6) is 0 Å². The van der Waals surface area contributed by atoms with Crippen LogP contribution in [0.25, 0.3) is 10.9 Å². The molecule has 26 heavy (non-hydrogen) atoms. The number of benzene rings is 2. The summed E-state index contributed by atoms with van der Waals surface area (Å²) < 4.78 is 39.6. The molecule has 0 bridgehead atoms. The average molecular weight is 361 g/mol. The number of aromatic nitrogens is 1. The average Bonchev–Trinajstić information content (AvgIpc) is 2.92. The van der Waals surface area contributed by atoms with E-state index in [1.807, 2.05) is 12.1 Å². The van der Waals surface area contributed by atoms with Gasteiger partial charge in [-0.05, 0) is 30.3 Å². The Bertz CT molecular complexity index is 989. The smallest absolute Gasteiger partial charge is 0.410 e. The molecule has 5 nitrogen and oxygen atoms in total. The van der Waals surface area contributed by atoms with Crippen molar-refractivity contribution < 1.29 is 23.2 Å². The van der Waals surface area contributed by atoms with Gasteiger partial charge < -0.3 is 15.1 Å². The van der Waals surface area contributed by atoms with E-state index in [4.69, 9.17) is 0 Å². The lowest BCUT2D eigenvalue weighted by atomic mass is 10.1. The molecule has 2 aromatic carbocycles. The van der Waals surface area contributed by atoms with E-state index >= 15 is 0 Å². The van der Waals surface area contributed by atoms with Crippen molar-refractivity contribution in [2.24, 2.45) is 12.2 Å². The van der Waals surface area contributed by atoms with Gasteiger partial charge in [-0.2, -0.15) is 13.2 Å². The third kappa shape index (κ3) is 3.26. The van der Waals surface area contributed by atoms with Gasteiger partial charge in [0.05, 0.1) is 5.56 Å². The molecule has 0 unspecified atom stereocenters. The fourth-order valence-corrected chi connectivity index (χ4v) is 2.68. The first-order chi connectivity index (χ1) is 12.3. The van der Waals surface area contributed by atoms with Crippen LogP contribution in [0, 0.1) is 0 Å². The van der Waals surface area contributed by atoms with Gasteiger partial charge in [-0.25, -0.2) is 0 Å². The highest BCUT2D eigenvalue weighted by atomic mass is 19.4. The van der Waals surface area contributed by atoms with Gasteiger partial charge in [0.15, 0.2) is 5.71 Å². The molecule has 1 amide bonds. The van der Waals surface area contributed by atoms with Crippen LogP contribution in [-0.2, 0) is 18.0 Å². The van der Waals surface area contributed by atoms with Crippen molar-refractivity contribution >= 4 is 28.2 Å². The number of alkyl halides is 3. The van der Waals surface area contributed by atoms with Crippen LogP contribution in [0.2, 0.25) is 0 Å². The second-order valence-corrected chi connectivity index (χ2v) is 5.65. The van der Waals surface area contributed by atoms with Crippen molar-refractivity contribution in [1.82, 2.24) is 4.57 Å². The Hall–Kier alpha value is -3.29. The summed E-state index contributed by atoms with van der Waals surface area (Å²) in [7, 11) is 1.79. The van der Waals surface area contributed by atoms with Gasteiger partial charge in [0, 0.05) is 35.4 Å². The first-order valence-electron chi connectivity index (χ1n) is 7.56. The predicted octanol–water partition coefficient (Wildman–Crippen LogP) is 4.01. The van der Waals surface area contributed by atoms with Crippen molar-refractivity contribution in [3.8, 4) is 0 Å². The normalized spacial score (nSPS) is 12.4. The lowest BCUT2D eigenvalue weighted by Crippen LogP contribution is -2.24. The first kappa shape index (κ1) is 17.5. The monoisotopic (exact) mass is 361 g/mol. The van der Waals surface area contributed by atoms with Gasteiger partial charge in [-0.1, -0.05) is 23.4 Å². The molecule has 3 aromatic rings. The minimum atomic E-state index is -4.46. The van der Waals surface area contributed by atoms with Crippen molar-refractivity contribution in [2.45, 2.75) is 6.18 Å². The largest absolute Gasteiger partial charge is 0.416 e. The maximum atomic E-state index is 12.6. The van der Waals surface area contributed by atoms with Gasteiger partial charge in [-0.3, -0.25) is 4.79 Å². The van der Waals surface area contributed by atoms with E-state index in [2.05, 4.69) is 10.5 Å². The van der Waals surface area contributed by atoms with Crippen molar-refractivity contribution in [3.63, 3.8) is 0 Å². The summed E-state index contributed by atoms with van der Waals surface area (Å²) >= 11 is 0. The second kappa shape index (κ2) is 6.55. The van der Waals surface area contributed by atoms with Gasteiger partial charge in [0.1, 0.15) is 0 Å². The van der Waals surface area contributed by atoms with Crippen LogP contribution in [-0.4, -0.2) is 21.4 Å². The van der Waals surface area contributed by atoms with E-state index in [1.165, 1.54) is 0 Å². The number of rotatable bonds is 3. The Kier molecular flexibility index (Phi) is 4.41. The summed E-state index contributed by atoms with van der Waals surface area (Å²) in [5.41, 5.74) is 0.354. The molecule has 1 aromatic heterocycles. The van der Waals surface area contributed by atoms with E-state index in [-0.39, 0.29) is 11.4 Å². The predicted molar refractivity (Wildman–Crippen MR) is 91.3 cm³/mol. The molecule has 8 heteroatoms. The van der Waals surface area contributed by atoms with Gasteiger partial charge in [-0.15, -0.1) is 0 Å². The molecule has 0 aliphatic rings. The number of carbonyl (C=O) groups excluding carboxylic acids is 1. The molecule has 2 N–H and O–H groups in total. The minimum absolute atomic E-state index is 0.157. The zero-order chi connectivity index (χ0) is 18.9. The number of nitrogens with zero attached hydrogens (tertiary/aromatic N) is 2. The number of fused-ring (bicyclic) bond motifs is 1. The van der Waals surface area contributed by atoms with Gasteiger partial charge in [0.2, 0.25) is 0 Å².